The number of benzene rings is 1. The lowest BCUT2D eigenvalue weighted by atomic mass is 9.72. The largest absolute Gasteiger partial charge is 0.320 e. The Morgan fingerprint density at radius 2 is 2.08 bits per heavy atom. The lowest BCUT2D eigenvalue weighted by molar-refractivity contribution is -0.138. The fourth-order valence-electron chi connectivity index (χ4n) is 2.98. The van der Waals surface area contributed by atoms with Crippen molar-refractivity contribution in [3.8, 4) is 0 Å². The summed E-state index contributed by atoms with van der Waals surface area (Å²) < 4.78 is 0.788. The molecule has 8 heteroatoms. The van der Waals surface area contributed by atoms with Crippen LogP contribution >= 0.6 is 27.3 Å². The molecule has 3 rings (SSSR count). The maximum Gasteiger partial charge on any atom is 0.284 e. The minimum Gasteiger partial charge on any atom is -0.320 e. The molecule has 2 N–H and O–H groups in total. The van der Waals surface area contributed by atoms with E-state index in [1.54, 1.807) is 18.3 Å². The van der Waals surface area contributed by atoms with Crippen molar-refractivity contribution in [2.75, 3.05) is 5.32 Å². The average Bonchev–Trinajstić information content (AvgIpc) is 3.03. The lowest BCUT2D eigenvalue weighted by Gasteiger charge is -2.35. The van der Waals surface area contributed by atoms with E-state index in [-0.39, 0.29) is 17.7 Å². The van der Waals surface area contributed by atoms with Gasteiger partial charge in [-0.1, -0.05) is 19.1 Å². The highest BCUT2D eigenvalue weighted by atomic mass is 79.9. The van der Waals surface area contributed by atoms with Gasteiger partial charge in [0.2, 0.25) is 11.8 Å². The number of hydrogen-bond acceptors (Lipinski definition) is 5. The summed E-state index contributed by atoms with van der Waals surface area (Å²) >= 11 is 4.53. The molecule has 1 aliphatic rings. The molecule has 0 saturated carbocycles. The molecule has 1 atom stereocenters. The van der Waals surface area contributed by atoms with E-state index in [9.17, 15) is 14.4 Å². The third kappa shape index (κ3) is 3.50. The van der Waals surface area contributed by atoms with E-state index in [1.165, 1.54) is 11.3 Å². The van der Waals surface area contributed by atoms with E-state index in [0.717, 1.165) is 9.35 Å². The van der Waals surface area contributed by atoms with Gasteiger partial charge in [0.1, 0.15) is 0 Å². The number of hydrogen-bond donors (Lipinski definition) is 2. The first-order chi connectivity index (χ1) is 11.9. The van der Waals surface area contributed by atoms with Crippen molar-refractivity contribution in [1.82, 2.24) is 10.3 Å². The topological polar surface area (TPSA) is 88.2 Å². The Morgan fingerprint density at radius 3 is 2.64 bits per heavy atom. The SMILES string of the molecule is CC[C@]1(c2ccc(NC(=O)c3ncc(Br)s3)cc2)CCC(=O)NC1=O. The second kappa shape index (κ2) is 7.05. The molecule has 0 unspecified atom stereocenters. The summed E-state index contributed by atoms with van der Waals surface area (Å²) in [4.78, 5) is 40.0. The molecule has 1 fully saturated rings. The normalized spacial score (nSPS) is 20.2. The molecule has 130 valence electrons. The summed E-state index contributed by atoms with van der Waals surface area (Å²) in [6.45, 7) is 1.94. The fourth-order valence-corrected chi connectivity index (χ4v) is 4.08. The van der Waals surface area contributed by atoms with Crippen LogP contribution in [0.4, 0.5) is 5.69 Å². The fraction of sp³-hybridized carbons (Fsp3) is 0.294. The zero-order valence-electron chi connectivity index (χ0n) is 13.5. The number of anilines is 1. The van der Waals surface area contributed by atoms with Crippen LogP contribution in [0.2, 0.25) is 0 Å². The van der Waals surface area contributed by atoms with Gasteiger partial charge in [-0.2, -0.15) is 0 Å². The average molecular weight is 422 g/mol. The zero-order valence-corrected chi connectivity index (χ0v) is 15.9. The van der Waals surface area contributed by atoms with Gasteiger partial charge in [-0.25, -0.2) is 4.98 Å². The minimum absolute atomic E-state index is 0.229. The van der Waals surface area contributed by atoms with Crippen LogP contribution in [0.15, 0.2) is 34.2 Å². The number of halogens is 1. The van der Waals surface area contributed by atoms with Crippen molar-refractivity contribution in [2.24, 2.45) is 0 Å². The van der Waals surface area contributed by atoms with Gasteiger partial charge in [-0.15, -0.1) is 11.3 Å². The summed E-state index contributed by atoms with van der Waals surface area (Å²) in [5, 5.41) is 5.58. The molecule has 1 aliphatic heterocycles. The highest BCUT2D eigenvalue weighted by Gasteiger charge is 2.42. The van der Waals surface area contributed by atoms with Crippen LogP contribution in [-0.4, -0.2) is 22.7 Å². The smallest absolute Gasteiger partial charge is 0.284 e. The molecule has 0 bridgehead atoms. The number of carbonyl (C=O) groups is 3. The van der Waals surface area contributed by atoms with Gasteiger partial charge in [-0.3, -0.25) is 19.7 Å². The molecular weight excluding hydrogens is 406 g/mol. The molecule has 25 heavy (non-hydrogen) atoms. The molecule has 1 saturated heterocycles. The van der Waals surface area contributed by atoms with Crippen LogP contribution in [-0.2, 0) is 15.0 Å². The van der Waals surface area contributed by atoms with E-state index in [2.05, 4.69) is 31.5 Å². The monoisotopic (exact) mass is 421 g/mol. The highest BCUT2D eigenvalue weighted by molar-refractivity contribution is 9.11. The molecule has 3 amide bonds. The van der Waals surface area contributed by atoms with E-state index in [4.69, 9.17) is 0 Å². The molecule has 0 radical (unpaired) electrons. The van der Waals surface area contributed by atoms with Gasteiger partial charge < -0.3 is 5.32 Å². The summed E-state index contributed by atoms with van der Waals surface area (Å²) in [6.07, 6.45) is 3.01. The third-order valence-corrected chi connectivity index (χ3v) is 5.91. The maximum absolute atomic E-state index is 12.4. The number of nitrogens with one attached hydrogen (secondary N) is 2. The molecular formula is C17H16BrN3O3S. The Labute approximate surface area is 157 Å². The Kier molecular flexibility index (Phi) is 5.01. The Balaban J connectivity index is 1.78. The predicted molar refractivity (Wildman–Crippen MR) is 98.6 cm³/mol. The Morgan fingerprint density at radius 1 is 1.36 bits per heavy atom. The van der Waals surface area contributed by atoms with Crippen LogP contribution in [0, 0.1) is 0 Å². The number of amides is 3. The molecule has 0 aliphatic carbocycles. The van der Waals surface area contributed by atoms with E-state index < -0.39 is 5.41 Å². The first-order valence-electron chi connectivity index (χ1n) is 7.82. The van der Waals surface area contributed by atoms with Crippen molar-refractivity contribution in [1.29, 1.82) is 0 Å². The number of piperidine rings is 1. The van der Waals surface area contributed by atoms with Crippen LogP contribution in [0.1, 0.15) is 41.6 Å². The number of imide groups is 1. The number of carbonyl (C=O) groups excluding carboxylic acids is 3. The molecule has 1 aromatic heterocycles. The van der Waals surface area contributed by atoms with Crippen LogP contribution in [0.25, 0.3) is 0 Å². The standard InChI is InChI=1S/C17H16BrN3O3S/c1-2-17(8-7-13(22)21-16(17)24)10-3-5-11(6-4-10)20-14(23)15-19-9-12(18)25-15/h3-6,9H,2,7-8H2,1H3,(H,20,23)(H,21,22,24)/t17-/m1/s1. The first kappa shape index (κ1) is 17.8. The highest BCUT2D eigenvalue weighted by Crippen LogP contribution is 2.36. The van der Waals surface area contributed by atoms with Gasteiger partial charge in [0.25, 0.3) is 5.91 Å². The Hall–Kier alpha value is -2.06. The number of rotatable bonds is 4. The molecule has 2 heterocycles. The number of aromatic nitrogens is 1. The quantitative estimate of drug-likeness (QED) is 0.741. The van der Waals surface area contributed by atoms with Crippen molar-refractivity contribution in [2.45, 2.75) is 31.6 Å². The van der Waals surface area contributed by atoms with Gasteiger partial charge >= 0.3 is 0 Å². The summed E-state index contributed by atoms with van der Waals surface area (Å²) in [6, 6.07) is 7.17. The van der Waals surface area contributed by atoms with Crippen LogP contribution in [0.3, 0.4) is 0 Å². The minimum atomic E-state index is -0.698. The van der Waals surface area contributed by atoms with Crippen molar-refractivity contribution < 1.29 is 14.4 Å². The van der Waals surface area contributed by atoms with Gasteiger partial charge in [-0.05, 0) is 46.5 Å². The van der Waals surface area contributed by atoms with Gasteiger partial charge in [0.15, 0.2) is 5.01 Å². The molecule has 6 nitrogen and oxygen atoms in total. The second-order valence-electron chi connectivity index (χ2n) is 5.81. The third-order valence-electron chi connectivity index (χ3n) is 4.44. The van der Waals surface area contributed by atoms with Crippen molar-refractivity contribution in [3.05, 3.63) is 44.8 Å². The lowest BCUT2D eigenvalue weighted by Crippen LogP contribution is -2.51. The maximum atomic E-state index is 12.4. The first-order valence-corrected chi connectivity index (χ1v) is 9.43. The van der Waals surface area contributed by atoms with Gasteiger partial charge in [0.05, 0.1) is 15.4 Å². The molecule has 1 aromatic carbocycles. The molecule has 0 spiro atoms. The predicted octanol–water partition coefficient (Wildman–Crippen LogP) is 3.24. The number of thiazole rings is 1. The van der Waals surface area contributed by atoms with Crippen LogP contribution in [0.5, 0.6) is 0 Å². The van der Waals surface area contributed by atoms with E-state index in [0.29, 0.717) is 30.0 Å². The van der Waals surface area contributed by atoms with Crippen LogP contribution < -0.4 is 10.6 Å². The second-order valence-corrected chi connectivity index (χ2v) is 8.22. The number of nitrogens with zero attached hydrogens (tertiary/aromatic N) is 1. The molecule has 2 aromatic rings. The van der Waals surface area contributed by atoms with Crippen molar-refractivity contribution in [3.63, 3.8) is 0 Å². The van der Waals surface area contributed by atoms with Crippen molar-refractivity contribution >= 4 is 50.7 Å². The Bertz CT molecular complexity index is 834. The van der Waals surface area contributed by atoms with E-state index in [1.807, 2.05) is 19.1 Å². The summed E-state index contributed by atoms with van der Waals surface area (Å²) in [5.41, 5.74) is 0.769. The van der Waals surface area contributed by atoms with Gasteiger partial charge in [0, 0.05) is 12.1 Å². The summed E-state index contributed by atoms with van der Waals surface area (Å²) in [5.74, 6) is -0.766. The van der Waals surface area contributed by atoms with E-state index >= 15 is 0 Å². The summed E-state index contributed by atoms with van der Waals surface area (Å²) in [7, 11) is 0. The zero-order chi connectivity index (χ0) is 18.0.